The van der Waals surface area contributed by atoms with Gasteiger partial charge in [0.2, 0.25) is 0 Å². The molecule has 0 aromatic heterocycles. The number of thioether (sulfide) groups is 1. The van der Waals surface area contributed by atoms with Crippen molar-refractivity contribution < 1.29 is 9.72 Å². The van der Waals surface area contributed by atoms with Crippen LogP contribution in [0, 0.1) is 17.0 Å². The van der Waals surface area contributed by atoms with E-state index in [-0.39, 0.29) is 17.2 Å². The molecule has 0 aliphatic rings. The van der Waals surface area contributed by atoms with Crippen LogP contribution < -0.4 is 5.32 Å². The van der Waals surface area contributed by atoms with E-state index in [0.717, 1.165) is 21.7 Å². The fraction of sp³-hybridized carbons (Fsp3) is 0.278. The number of nitro benzene ring substituents is 1. The van der Waals surface area contributed by atoms with Crippen molar-refractivity contribution in [3.05, 3.63) is 63.2 Å². The van der Waals surface area contributed by atoms with E-state index in [1.807, 2.05) is 45.2 Å². The fourth-order valence-electron chi connectivity index (χ4n) is 2.51. The van der Waals surface area contributed by atoms with Crippen molar-refractivity contribution in [2.24, 2.45) is 0 Å². The van der Waals surface area contributed by atoms with E-state index in [2.05, 4.69) is 5.32 Å². The normalized spacial score (nSPS) is 10.7. The summed E-state index contributed by atoms with van der Waals surface area (Å²) >= 11 is 1.44. The van der Waals surface area contributed by atoms with E-state index in [1.165, 1.54) is 17.8 Å². The molecule has 1 N–H and O–H groups in total. The van der Waals surface area contributed by atoms with E-state index in [1.54, 1.807) is 12.1 Å². The molecule has 24 heavy (non-hydrogen) atoms. The Labute approximate surface area is 145 Å². The number of nitrogens with zero attached hydrogens (tertiary/aromatic N) is 1. The van der Waals surface area contributed by atoms with Crippen LogP contribution in [-0.4, -0.2) is 17.1 Å². The van der Waals surface area contributed by atoms with Crippen LogP contribution in [0.2, 0.25) is 0 Å². The van der Waals surface area contributed by atoms with E-state index in [9.17, 15) is 14.9 Å². The zero-order valence-corrected chi connectivity index (χ0v) is 14.9. The minimum atomic E-state index is -0.528. The van der Waals surface area contributed by atoms with Gasteiger partial charge in [0, 0.05) is 16.6 Å². The summed E-state index contributed by atoms with van der Waals surface area (Å²) in [5.74, 6) is -0.235. The summed E-state index contributed by atoms with van der Waals surface area (Å²) in [7, 11) is 0. The molecule has 0 fully saturated rings. The van der Waals surface area contributed by atoms with Gasteiger partial charge >= 0.3 is 0 Å². The van der Waals surface area contributed by atoms with Crippen molar-refractivity contribution in [3.8, 4) is 0 Å². The molecule has 126 valence electrons. The van der Waals surface area contributed by atoms with Crippen LogP contribution in [0.3, 0.4) is 0 Å². The van der Waals surface area contributed by atoms with Crippen LogP contribution >= 0.6 is 11.8 Å². The highest BCUT2D eigenvalue weighted by molar-refractivity contribution is 7.98. The first-order chi connectivity index (χ1) is 11.3. The molecule has 0 aliphatic heterocycles. The Morgan fingerprint density at radius 1 is 1.25 bits per heavy atom. The second kappa shape index (κ2) is 7.49. The molecule has 0 spiro atoms. The van der Waals surface area contributed by atoms with Crippen molar-refractivity contribution >= 4 is 29.0 Å². The maximum absolute atomic E-state index is 12.7. The van der Waals surface area contributed by atoms with Gasteiger partial charge in [0.25, 0.3) is 11.6 Å². The molecule has 0 radical (unpaired) electrons. The summed E-state index contributed by atoms with van der Waals surface area (Å²) in [6.07, 6.45) is 1.86. The van der Waals surface area contributed by atoms with Crippen LogP contribution in [0.4, 0.5) is 11.4 Å². The molecule has 0 atom stereocenters. The molecule has 0 aliphatic carbocycles. The second-order valence-corrected chi connectivity index (χ2v) is 6.67. The van der Waals surface area contributed by atoms with Crippen molar-refractivity contribution in [2.45, 2.75) is 31.6 Å². The Kier molecular flexibility index (Phi) is 5.62. The molecule has 0 bridgehead atoms. The molecule has 2 aromatic carbocycles. The van der Waals surface area contributed by atoms with Gasteiger partial charge in [-0.2, -0.15) is 0 Å². The minimum Gasteiger partial charge on any atom is -0.321 e. The number of nitrogens with one attached hydrogen (secondary N) is 1. The topological polar surface area (TPSA) is 72.2 Å². The molecular formula is C18H20N2O3S. The minimum absolute atomic E-state index is 0.0739. The number of para-hydroxylation sites is 1. The summed E-state index contributed by atoms with van der Waals surface area (Å²) < 4.78 is 0. The average molecular weight is 344 g/mol. The summed E-state index contributed by atoms with van der Waals surface area (Å²) in [4.78, 5) is 24.2. The number of carbonyl (C=O) groups is 1. The lowest BCUT2D eigenvalue weighted by Crippen LogP contribution is -2.16. The van der Waals surface area contributed by atoms with E-state index in [0.29, 0.717) is 0 Å². The predicted octanol–water partition coefficient (Wildman–Crippen LogP) is 5.00. The molecule has 0 saturated heterocycles. The number of aryl methyl sites for hydroxylation is 1. The summed E-state index contributed by atoms with van der Waals surface area (Å²) in [6.45, 7) is 6.00. The Balaban J connectivity index is 2.46. The highest BCUT2D eigenvalue weighted by Crippen LogP contribution is 2.30. The molecule has 2 aromatic rings. The van der Waals surface area contributed by atoms with Crippen molar-refractivity contribution in [1.29, 1.82) is 0 Å². The largest absolute Gasteiger partial charge is 0.321 e. The molecular weight excluding hydrogens is 324 g/mol. The van der Waals surface area contributed by atoms with Gasteiger partial charge in [-0.15, -0.1) is 11.8 Å². The van der Waals surface area contributed by atoms with Gasteiger partial charge < -0.3 is 5.32 Å². The number of hydrogen-bond donors (Lipinski definition) is 1. The first-order valence-electron chi connectivity index (χ1n) is 7.58. The third kappa shape index (κ3) is 3.76. The van der Waals surface area contributed by atoms with Crippen LogP contribution in [0.1, 0.15) is 41.3 Å². The number of hydrogen-bond acceptors (Lipinski definition) is 4. The molecule has 1 amide bonds. The van der Waals surface area contributed by atoms with Crippen molar-refractivity contribution in [3.63, 3.8) is 0 Å². The molecule has 0 unspecified atom stereocenters. The maximum atomic E-state index is 12.7. The Hall–Kier alpha value is -2.34. The van der Waals surface area contributed by atoms with E-state index >= 15 is 0 Å². The van der Waals surface area contributed by atoms with Crippen LogP contribution in [0.5, 0.6) is 0 Å². The van der Waals surface area contributed by atoms with Crippen LogP contribution in [0.15, 0.2) is 41.3 Å². The van der Waals surface area contributed by atoms with Gasteiger partial charge in [0.1, 0.15) is 5.56 Å². The lowest BCUT2D eigenvalue weighted by molar-refractivity contribution is -0.385. The molecule has 5 nitrogen and oxygen atoms in total. The van der Waals surface area contributed by atoms with Gasteiger partial charge in [0.15, 0.2) is 0 Å². The van der Waals surface area contributed by atoms with Gasteiger partial charge in [-0.1, -0.05) is 32.0 Å². The number of benzene rings is 2. The van der Waals surface area contributed by atoms with Crippen molar-refractivity contribution in [1.82, 2.24) is 0 Å². The van der Waals surface area contributed by atoms with E-state index in [4.69, 9.17) is 0 Å². The maximum Gasteiger partial charge on any atom is 0.282 e. The molecule has 0 heterocycles. The second-order valence-electron chi connectivity index (χ2n) is 5.79. The number of anilines is 1. The summed E-state index contributed by atoms with van der Waals surface area (Å²) in [5, 5.41) is 14.1. The third-order valence-electron chi connectivity index (χ3n) is 3.81. The molecule has 0 saturated carbocycles. The summed E-state index contributed by atoms with van der Waals surface area (Å²) in [6, 6.07) is 10.4. The van der Waals surface area contributed by atoms with Gasteiger partial charge in [-0.3, -0.25) is 14.9 Å². The SMILES string of the molecule is CSc1ccc([N+](=O)[O-])c(C(=O)Nc2c(C)cccc2C(C)C)c1. The van der Waals surface area contributed by atoms with Crippen LogP contribution in [0.25, 0.3) is 0 Å². The average Bonchev–Trinajstić information content (AvgIpc) is 2.55. The molecule has 2 rings (SSSR count). The standard InChI is InChI=1S/C18H20N2O3S/c1-11(2)14-7-5-6-12(3)17(14)19-18(21)15-10-13(24-4)8-9-16(15)20(22)23/h5-11H,1-4H3,(H,19,21). The zero-order valence-electron chi connectivity index (χ0n) is 14.1. The van der Waals surface area contributed by atoms with Gasteiger partial charge in [-0.25, -0.2) is 0 Å². The number of amides is 1. The highest BCUT2D eigenvalue weighted by atomic mass is 32.2. The first kappa shape index (κ1) is 18.0. The third-order valence-corrected chi connectivity index (χ3v) is 4.54. The fourth-order valence-corrected chi connectivity index (χ4v) is 2.95. The first-order valence-corrected chi connectivity index (χ1v) is 8.81. The lowest BCUT2D eigenvalue weighted by atomic mass is 9.98. The quantitative estimate of drug-likeness (QED) is 0.470. The Morgan fingerprint density at radius 2 is 1.96 bits per heavy atom. The summed E-state index contributed by atoms with van der Waals surface area (Å²) in [5.41, 5.74) is 2.54. The predicted molar refractivity (Wildman–Crippen MR) is 98.1 cm³/mol. The Bertz CT molecular complexity index is 788. The monoisotopic (exact) mass is 344 g/mol. The number of nitro groups is 1. The highest BCUT2D eigenvalue weighted by Gasteiger charge is 2.22. The van der Waals surface area contributed by atoms with Crippen LogP contribution in [-0.2, 0) is 0 Å². The van der Waals surface area contributed by atoms with E-state index < -0.39 is 10.8 Å². The van der Waals surface area contributed by atoms with Crippen molar-refractivity contribution in [2.75, 3.05) is 11.6 Å². The van der Waals surface area contributed by atoms with Gasteiger partial charge in [0.05, 0.1) is 4.92 Å². The molecule has 6 heteroatoms. The zero-order chi connectivity index (χ0) is 17.9. The van der Waals surface area contributed by atoms with Gasteiger partial charge in [-0.05, 0) is 42.4 Å². The number of rotatable bonds is 5. The Morgan fingerprint density at radius 3 is 2.54 bits per heavy atom. The smallest absolute Gasteiger partial charge is 0.282 e. The number of carbonyl (C=O) groups excluding carboxylic acids is 1. The lowest BCUT2D eigenvalue weighted by Gasteiger charge is -2.16.